The van der Waals surface area contributed by atoms with Crippen molar-refractivity contribution in [2.45, 2.75) is 0 Å². The van der Waals surface area contributed by atoms with Gasteiger partial charge in [-0.05, 0) is 58.3 Å². The molecule has 0 fully saturated rings. The van der Waals surface area contributed by atoms with Gasteiger partial charge in [0, 0.05) is 22.1 Å². The van der Waals surface area contributed by atoms with Gasteiger partial charge in [-0.25, -0.2) is 4.98 Å². The van der Waals surface area contributed by atoms with Crippen LogP contribution in [0.15, 0.2) is 138 Å². The van der Waals surface area contributed by atoms with E-state index in [0.717, 1.165) is 39.1 Å². The lowest BCUT2D eigenvalue weighted by Crippen LogP contribution is -2.11. The van der Waals surface area contributed by atoms with E-state index in [1.54, 1.807) is 0 Å². The second-order valence-corrected chi connectivity index (χ2v) is 8.92. The highest BCUT2D eigenvalue weighted by molar-refractivity contribution is 6.06. The molecule has 7 rings (SSSR count). The van der Waals surface area contributed by atoms with Crippen LogP contribution in [0, 0.1) is 0 Å². The SMILES string of the molecule is c1ccc(-c2ccc(N(c3ccc4ccccc4c3)c3cc4c(cn3)oc3ccccc34)cc2)cc1. The van der Waals surface area contributed by atoms with Crippen LogP contribution in [-0.2, 0) is 0 Å². The third kappa shape index (κ3) is 3.50. The van der Waals surface area contributed by atoms with E-state index in [9.17, 15) is 0 Å². The van der Waals surface area contributed by atoms with E-state index in [1.807, 2.05) is 30.5 Å². The summed E-state index contributed by atoms with van der Waals surface area (Å²) in [7, 11) is 0. The van der Waals surface area contributed by atoms with Crippen molar-refractivity contribution in [2.24, 2.45) is 0 Å². The Labute approximate surface area is 208 Å². The van der Waals surface area contributed by atoms with Crippen LogP contribution in [0.3, 0.4) is 0 Å². The van der Waals surface area contributed by atoms with Crippen molar-refractivity contribution in [1.29, 1.82) is 0 Å². The summed E-state index contributed by atoms with van der Waals surface area (Å²) < 4.78 is 6.04. The van der Waals surface area contributed by atoms with Crippen molar-refractivity contribution in [3.05, 3.63) is 134 Å². The van der Waals surface area contributed by atoms with Crippen LogP contribution in [0.1, 0.15) is 0 Å². The monoisotopic (exact) mass is 462 g/mol. The predicted octanol–water partition coefficient (Wildman–Crippen LogP) is 9.27. The molecule has 36 heavy (non-hydrogen) atoms. The van der Waals surface area contributed by atoms with Crippen molar-refractivity contribution < 1.29 is 4.42 Å². The van der Waals surface area contributed by atoms with E-state index in [-0.39, 0.29) is 0 Å². The molecule has 3 nitrogen and oxygen atoms in total. The standard InChI is InChI=1S/C33H22N2O/c1-2-8-23(9-3-1)25-14-17-27(18-15-25)35(28-19-16-24-10-4-5-11-26(24)20-28)33-21-30-29-12-6-7-13-31(29)36-32(30)22-34-33/h1-22H. The van der Waals surface area contributed by atoms with Crippen molar-refractivity contribution in [3.8, 4) is 11.1 Å². The second-order valence-electron chi connectivity index (χ2n) is 8.92. The summed E-state index contributed by atoms with van der Waals surface area (Å²) in [6.45, 7) is 0. The molecule has 0 amide bonds. The van der Waals surface area contributed by atoms with Gasteiger partial charge in [0.2, 0.25) is 0 Å². The average Bonchev–Trinajstić information content (AvgIpc) is 3.32. The number of rotatable bonds is 4. The summed E-state index contributed by atoms with van der Waals surface area (Å²) in [6.07, 6.45) is 1.83. The summed E-state index contributed by atoms with van der Waals surface area (Å²) in [6, 6.07) is 44.4. The Kier molecular flexibility index (Phi) is 4.78. The number of aromatic nitrogens is 1. The Hall–Kier alpha value is -4.89. The molecule has 170 valence electrons. The topological polar surface area (TPSA) is 29.3 Å². The van der Waals surface area contributed by atoms with E-state index in [0.29, 0.717) is 0 Å². The lowest BCUT2D eigenvalue weighted by molar-refractivity contribution is 0.667. The lowest BCUT2D eigenvalue weighted by Gasteiger charge is -2.25. The largest absolute Gasteiger partial charge is 0.454 e. The first-order valence-electron chi connectivity index (χ1n) is 12.1. The van der Waals surface area contributed by atoms with E-state index >= 15 is 0 Å². The highest BCUT2D eigenvalue weighted by Crippen LogP contribution is 2.38. The number of anilines is 3. The van der Waals surface area contributed by atoms with Crippen LogP contribution in [0.5, 0.6) is 0 Å². The molecule has 0 saturated carbocycles. The van der Waals surface area contributed by atoms with Gasteiger partial charge in [0.05, 0.1) is 6.20 Å². The molecule has 5 aromatic carbocycles. The lowest BCUT2D eigenvalue weighted by atomic mass is 10.0. The number of nitrogens with zero attached hydrogens (tertiary/aromatic N) is 2. The molecule has 0 unspecified atom stereocenters. The van der Waals surface area contributed by atoms with Gasteiger partial charge in [-0.3, -0.25) is 4.90 Å². The van der Waals surface area contributed by atoms with E-state index in [4.69, 9.17) is 9.40 Å². The summed E-state index contributed by atoms with van der Waals surface area (Å²) in [5.41, 5.74) is 6.15. The summed E-state index contributed by atoms with van der Waals surface area (Å²) in [5.74, 6) is 0.844. The van der Waals surface area contributed by atoms with Gasteiger partial charge in [-0.15, -0.1) is 0 Å². The Morgan fingerprint density at radius 3 is 2.06 bits per heavy atom. The molecule has 0 aliphatic carbocycles. The Morgan fingerprint density at radius 1 is 0.500 bits per heavy atom. The Morgan fingerprint density at radius 2 is 1.19 bits per heavy atom. The first kappa shape index (κ1) is 20.5. The molecule has 0 aliphatic rings. The van der Waals surface area contributed by atoms with Gasteiger partial charge in [0.1, 0.15) is 11.4 Å². The maximum atomic E-state index is 6.04. The van der Waals surface area contributed by atoms with Gasteiger partial charge < -0.3 is 4.42 Å². The zero-order valence-electron chi connectivity index (χ0n) is 19.5. The van der Waals surface area contributed by atoms with Gasteiger partial charge >= 0.3 is 0 Å². The molecule has 0 saturated heterocycles. The van der Waals surface area contributed by atoms with E-state index in [2.05, 4.69) is 108 Å². The van der Waals surface area contributed by atoms with Crippen molar-refractivity contribution in [1.82, 2.24) is 4.98 Å². The Balaban J connectivity index is 1.41. The number of fused-ring (bicyclic) bond motifs is 4. The third-order valence-corrected chi connectivity index (χ3v) is 6.70. The Bertz CT molecular complexity index is 1840. The fraction of sp³-hybridized carbons (Fsp3) is 0. The first-order valence-corrected chi connectivity index (χ1v) is 12.1. The molecule has 0 aliphatic heterocycles. The molecule has 2 aromatic heterocycles. The van der Waals surface area contributed by atoms with Crippen LogP contribution in [0.2, 0.25) is 0 Å². The van der Waals surface area contributed by atoms with E-state index < -0.39 is 0 Å². The van der Waals surface area contributed by atoms with Crippen LogP contribution >= 0.6 is 0 Å². The number of pyridine rings is 1. The molecular weight excluding hydrogens is 440 g/mol. The average molecular weight is 463 g/mol. The van der Waals surface area contributed by atoms with Crippen LogP contribution < -0.4 is 4.90 Å². The molecule has 0 atom stereocenters. The van der Waals surface area contributed by atoms with Crippen LogP contribution in [0.25, 0.3) is 43.8 Å². The van der Waals surface area contributed by atoms with Gasteiger partial charge in [0.15, 0.2) is 5.58 Å². The normalized spacial score (nSPS) is 11.3. The van der Waals surface area contributed by atoms with Crippen LogP contribution in [0.4, 0.5) is 17.2 Å². The molecule has 0 spiro atoms. The summed E-state index contributed by atoms with van der Waals surface area (Å²) in [4.78, 5) is 7.06. The maximum absolute atomic E-state index is 6.04. The maximum Gasteiger partial charge on any atom is 0.153 e. The van der Waals surface area contributed by atoms with Gasteiger partial charge in [0.25, 0.3) is 0 Å². The quantitative estimate of drug-likeness (QED) is 0.261. The highest BCUT2D eigenvalue weighted by atomic mass is 16.3. The van der Waals surface area contributed by atoms with Gasteiger partial charge in [-0.1, -0.05) is 91.0 Å². The first-order chi connectivity index (χ1) is 17.8. The molecule has 3 heteroatoms. The number of benzene rings is 5. The van der Waals surface area contributed by atoms with Crippen molar-refractivity contribution in [3.63, 3.8) is 0 Å². The number of hydrogen-bond acceptors (Lipinski definition) is 3. The molecule has 2 heterocycles. The van der Waals surface area contributed by atoms with Gasteiger partial charge in [-0.2, -0.15) is 0 Å². The zero-order valence-corrected chi connectivity index (χ0v) is 19.5. The third-order valence-electron chi connectivity index (χ3n) is 6.70. The molecular formula is C33H22N2O. The fourth-order valence-corrected chi connectivity index (χ4v) is 4.91. The van der Waals surface area contributed by atoms with Crippen molar-refractivity contribution >= 4 is 49.9 Å². The minimum atomic E-state index is 0.790. The summed E-state index contributed by atoms with van der Waals surface area (Å²) in [5, 5.41) is 4.55. The second kappa shape index (κ2) is 8.40. The van der Waals surface area contributed by atoms with E-state index in [1.165, 1.54) is 21.9 Å². The number of hydrogen-bond donors (Lipinski definition) is 0. The number of furan rings is 1. The van der Waals surface area contributed by atoms with Crippen LogP contribution in [-0.4, -0.2) is 4.98 Å². The fourth-order valence-electron chi connectivity index (χ4n) is 4.91. The molecule has 0 radical (unpaired) electrons. The van der Waals surface area contributed by atoms with Crippen molar-refractivity contribution in [2.75, 3.05) is 4.90 Å². The molecule has 0 bridgehead atoms. The minimum Gasteiger partial charge on any atom is -0.454 e. The highest BCUT2D eigenvalue weighted by Gasteiger charge is 2.17. The number of para-hydroxylation sites is 1. The minimum absolute atomic E-state index is 0.790. The molecule has 7 aromatic rings. The molecule has 0 N–H and O–H groups in total. The zero-order chi connectivity index (χ0) is 23.9. The summed E-state index contributed by atoms with van der Waals surface area (Å²) >= 11 is 0. The smallest absolute Gasteiger partial charge is 0.153 e. The predicted molar refractivity (Wildman–Crippen MR) is 149 cm³/mol.